The van der Waals surface area contributed by atoms with Crippen molar-refractivity contribution in [2.45, 2.75) is 26.7 Å². The van der Waals surface area contributed by atoms with Crippen molar-refractivity contribution in [2.24, 2.45) is 5.41 Å². The van der Waals surface area contributed by atoms with Gasteiger partial charge in [0.05, 0.1) is 17.1 Å². The number of aromatic nitrogens is 2. The predicted octanol–water partition coefficient (Wildman–Crippen LogP) is 0.390. The summed E-state index contributed by atoms with van der Waals surface area (Å²) in [6, 6.07) is -0.699. The second-order valence-corrected chi connectivity index (χ2v) is 4.76. The third-order valence-corrected chi connectivity index (χ3v) is 3.53. The van der Waals surface area contributed by atoms with Gasteiger partial charge in [-0.15, -0.1) is 0 Å². The van der Waals surface area contributed by atoms with Crippen LogP contribution in [0.4, 0.5) is 10.5 Å². The Morgan fingerprint density at radius 3 is 2.39 bits per heavy atom. The number of nitrogens with one attached hydrogen (secondary N) is 2. The second-order valence-electron chi connectivity index (χ2n) is 4.76. The molecule has 94 valence electrons. The molecule has 7 heteroatoms. The maximum atomic E-state index is 12.3. The van der Waals surface area contributed by atoms with Crippen molar-refractivity contribution in [3.05, 3.63) is 11.4 Å². The molecule has 4 amide bonds. The molecule has 0 atom stereocenters. The summed E-state index contributed by atoms with van der Waals surface area (Å²) in [6.45, 7) is 3.43. The molecule has 0 bridgehead atoms. The number of aryl methyl sites for hydroxylation is 2. The summed E-state index contributed by atoms with van der Waals surface area (Å²) in [4.78, 5) is 36.9. The van der Waals surface area contributed by atoms with Gasteiger partial charge in [0.15, 0.2) is 0 Å². The van der Waals surface area contributed by atoms with Crippen molar-refractivity contribution in [3.63, 3.8) is 0 Å². The van der Waals surface area contributed by atoms with Gasteiger partial charge in [-0.1, -0.05) is 0 Å². The van der Waals surface area contributed by atoms with Crippen LogP contribution in [0.1, 0.15) is 24.2 Å². The molecule has 1 saturated heterocycles. The molecule has 2 aliphatic rings. The number of carbonyl (C=O) groups is 3. The summed E-state index contributed by atoms with van der Waals surface area (Å²) in [7, 11) is 0. The minimum atomic E-state index is -1.02. The Labute approximate surface area is 103 Å². The molecular weight excluding hydrogens is 236 g/mol. The maximum absolute atomic E-state index is 12.3. The van der Waals surface area contributed by atoms with E-state index in [1.54, 1.807) is 13.8 Å². The Balaban J connectivity index is 2.09. The zero-order valence-electron chi connectivity index (χ0n) is 10.0. The number of rotatable bonds is 1. The Bertz CT molecular complexity index is 566. The van der Waals surface area contributed by atoms with Crippen LogP contribution in [0.15, 0.2) is 0 Å². The Morgan fingerprint density at radius 2 is 1.89 bits per heavy atom. The number of hydrogen-bond acceptors (Lipinski definition) is 4. The average molecular weight is 248 g/mol. The van der Waals surface area contributed by atoms with Gasteiger partial charge < -0.3 is 0 Å². The largest absolute Gasteiger partial charge is 0.335 e. The van der Waals surface area contributed by atoms with Gasteiger partial charge in [-0.3, -0.25) is 20.0 Å². The Kier molecular flexibility index (Phi) is 1.93. The molecule has 1 saturated carbocycles. The molecule has 1 spiro atoms. The van der Waals surface area contributed by atoms with Crippen LogP contribution < -0.4 is 10.2 Å². The molecule has 1 aliphatic carbocycles. The molecule has 0 unspecified atom stereocenters. The van der Waals surface area contributed by atoms with Crippen LogP contribution in [0.2, 0.25) is 0 Å². The topological polar surface area (TPSA) is 95.2 Å². The molecule has 1 aliphatic heterocycles. The lowest BCUT2D eigenvalue weighted by Crippen LogP contribution is -2.59. The fourth-order valence-electron chi connectivity index (χ4n) is 2.32. The first-order valence-corrected chi connectivity index (χ1v) is 5.69. The molecule has 7 nitrogen and oxygen atoms in total. The minimum absolute atomic E-state index is 0.441. The average Bonchev–Trinajstić information content (AvgIpc) is 3.05. The summed E-state index contributed by atoms with van der Waals surface area (Å²) < 4.78 is 0. The number of H-pyrrole nitrogens is 1. The Hall–Kier alpha value is -2.18. The Morgan fingerprint density at radius 1 is 1.22 bits per heavy atom. The number of barbiturate groups is 1. The lowest BCUT2D eigenvalue weighted by atomic mass is 10.0. The quantitative estimate of drug-likeness (QED) is 0.703. The number of carbonyl (C=O) groups excluding carboxylic acids is 3. The van der Waals surface area contributed by atoms with Gasteiger partial charge in [0, 0.05) is 0 Å². The van der Waals surface area contributed by atoms with Crippen molar-refractivity contribution in [2.75, 3.05) is 4.90 Å². The van der Waals surface area contributed by atoms with Gasteiger partial charge in [-0.05, 0) is 26.7 Å². The molecule has 2 heterocycles. The van der Waals surface area contributed by atoms with Crippen LogP contribution >= 0.6 is 0 Å². The molecule has 0 aromatic carbocycles. The fraction of sp³-hybridized carbons (Fsp3) is 0.455. The van der Waals surface area contributed by atoms with E-state index >= 15 is 0 Å². The van der Waals surface area contributed by atoms with Crippen LogP contribution in [-0.4, -0.2) is 28.0 Å². The first kappa shape index (κ1) is 10.9. The monoisotopic (exact) mass is 248 g/mol. The standard InChI is InChI=1S/C11H12N4O3/c1-5-7(6(2)14-13-5)15-9(17)11(3-4-11)8(16)12-10(15)18/h3-4H2,1-2H3,(H,13,14)(H,12,16,18). The van der Waals surface area contributed by atoms with E-state index in [1.165, 1.54) is 0 Å². The van der Waals surface area contributed by atoms with E-state index in [4.69, 9.17) is 0 Å². The molecule has 1 aromatic heterocycles. The fourth-order valence-corrected chi connectivity index (χ4v) is 2.32. The van der Waals surface area contributed by atoms with E-state index in [0.29, 0.717) is 29.9 Å². The van der Waals surface area contributed by atoms with E-state index in [-0.39, 0.29) is 0 Å². The van der Waals surface area contributed by atoms with Crippen molar-refractivity contribution in [1.29, 1.82) is 0 Å². The van der Waals surface area contributed by atoms with Gasteiger partial charge in [-0.2, -0.15) is 5.10 Å². The van der Waals surface area contributed by atoms with Crippen molar-refractivity contribution in [1.82, 2.24) is 15.5 Å². The first-order chi connectivity index (χ1) is 8.47. The maximum Gasteiger partial charge on any atom is 0.335 e. The summed E-state index contributed by atoms with van der Waals surface area (Å²) in [5.74, 6) is -0.920. The van der Waals surface area contributed by atoms with Crippen LogP contribution in [-0.2, 0) is 9.59 Å². The van der Waals surface area contributed by atoms with Gasteiger partial charge in [-0.25, -0.2) is 9.69 Å². The van der Waals surface area contributed by atoms with E-state index < -0.39 is 23.3 Å². The van der Waals surface area contributed by atoms with E-state index in [1.807, 2.05) is 0 Å². The number of hydrogen-bond donors (Lipinski definition) is 2. The third kappa shape index (κ3) is 1.18. The zero-order valence-corrected chi connectivity index (χ0v) is 10.0. The number of amides is 4. The number of urea groups is 1. The minimum Gasteiger partial charge on any atom is -0.280 e. The first-order valence-electron chi connectivity index (χ1n) is 5.69. The van der Waals surface area contributed by atoms with Crippen molar-refractivity contribution >= 4 is 23.5 Å². The van der Waals surface area contributed by atoms with Crippen molar-refractivity contribution in [3.8, 4) is 0 Å². The van der Waals surface area contributed by atoms with E-state index in [2.05, 4.69) is 15.5 Å². The lowest BCUT2D eigenvalue weighted by Gasteiger charge is -2.30. The molecule has 2 fully saturated rings. The summed E-state index contributed by atoms with van der Waals surface area (Å²) in [6.07, 6.45) is 0.995. The van der Waals surface area contributed by atoms with Gasteiger partial charge >= 0.3 is 6.03 Å². The molecule has 3 rings (SSSR count). The number of nitrogens with zero attached hydrogens (tertiary/aromatic N) is 2. The van der Waals surface area contributed by atoms with Crippen LogP contribution in [0.5, 0.6) is 0 Å². The lowest BCUT2D eigenvalue weighted by molar-refractivity contribution is -0.136. The van der Waals surface area contributed by atoms with Gasteiger partial charge in [0.1, 0.15) is 5.41 Å². The molecule has 1 aromatic rings. The van der Waals surface area contributed by atoms with E-state index in [9.17, 15) is 14.4 Å². The highest BCUT2D eigenvalue weighted by Gasteiger charge is 2.62. The summed E-state index contributed by atoms with van der Waals surface area (Å²) in [5, 5.41) is 8.93. The van der Waals surface area contributed by atoms with Crippen LogP contribution in [0.3, 0.4) is 0 Å². The molecular formula is C11H12N4O3. The van der Waals surface area contributed by atoms with Crippen LogP contribution in [0, 0.1) is 19.3 Å². The summed E-state index contributed by atoms with van der Waals surface area (Å²) in [5.41, 5.74) is 0.600. The molecule has 18 heavy (non-hydrogen) atoms. The van der Waals surface area contributed by atoms with Gasteiger partial charge in [0.25, 0.3) is 5.91 Å². The smallest absolute Gasteiger partial charge is 0.280 e. The number of imide groups is 2. The predicted molar refractivity (Wildman–Crippen MR) is 60.8 cm³/mol. The summed E-state index contributed by atoms with van der Waals surface area (Å²) >= 11 is 0. The molecule has 2 N–H and O–H groups in total. The second kappa shape index (κ2) is 3.18. The molecule has 0 radical (unpaired) electrons. The van der Waals surface area contributed by atoms with Crippen molar-refractivity contribution < 1.29 is 14.4 Å². The van der Waals surface area contributed by atoms with Crippen LogP contribution in [0.25, 0.3) is 0 Å². The normalized spacial score (nSPS) is 21.4. The van der Waals surface area contributed by atoms with E-state index in [0.717, 1.165) is 4.90 Å². The number of aromatic amines is 1. The highest BCUT2D eigenvalue weighted by molar-refractivity contribution is 6.31. The highest BCUT2D eigenvalue weighted by atomic mass is 16.2. The zero-order chi connectivity index (χ0) is 13.1. The highest BCUT2D eigenvalue weighted by Crippen LogP contribution is 2.50. The van der Waals surface area contributed by atoms with Gasteiger partial charge in [0.2, 0.25) is 5.91 Å². The number of anilines is 1. The SMILES string of the molecule is Cc1n[nH]c(C)c1N1C(=O)NC(=O)C2(CC2)C1=O. The third-order valence-electron chi connectivity index (χ3n) is 3.53.